The number of aromatic nitrogens is 2. The summed E-state index contributed by atoms with van der Waals surface area (Å²) in [7, 11) is 0. The molecule has 1 aliphatic rings. The topological polar surface area (TPSA) is 29.0 Å². The highest BCUT2D eigenvalue weighted by atomic mass is 32.2. The number of hydrogen-bond donors (Lipinski definition) is 0. The molecule has 3 heterocycles. The van der Waals surface area contributed by atoms with Crippen LogP contribution in [-0.4, -0.2) is 34.6 Å². The van der Waals surface area contributed by atoms with Gasteiger partial charge < -0.3 is 4.90 Å². The van der Waals surface area contributed by atoms with Gasteiger partial charge in [0.15, 0.2) is 0 Å². The van der Waals surface area contributed by atoms with Crippen LogP contribution in [-0.2, 0) is 5.41 Å². The summed E-state index contributed by atoms with van der Waals surface area (Å²) in [4.78, 5) is 12.8. The van der Waals surface area contributed by atoms with Gasteiger partial charge in [0.25, 0.3) is 0 Å². The molecule has 0 bridgehead atoms. The van der Waals surface area contributed by atoms with Crippen LogP contribution in [0.1, 0.15) is 25.6 Å². The molecule has 0 aromatic carbocycles. The molecule has 102 valence electrons. The molecule has 0 spiro atoms. The summed E-state index contributed by atoms with van der Waals surface area (Å²) in [6, 6.07) is 2.23. The molecule has 0 atom stereocenters. The van der Waals surface area contributed by atoms with Crippen LogP contribution in [0.5, 0.6) is 0 Å². The van der Waals surface area contributed by atoms with Crippen molar-refractivity contribution in [2.24, 2.45) is 0 Å². The Morgan fingerprint density at radius 3 is 2.58 bits per heavy atom. The van der Waals surface area contributed by atoms with Crippen molar-refractivity contribution in [2.45, 2.75) is 26.2 Å². The number of hydrogen-bond acceptors (Lipinski definition) is 5. The zero-order chi connectivity index (χ0) is 13.5. The summed E-state index contributed by atoms with van der Waals surface area (Å²) in [5.74, 6) is 3.53. The van der Waals surface area contributed by atoms with Crippen molar-refractivity contribution < 1.29 is 0 Å². The minimum atomic E-state index is 0.181. The van der Waals surface area contributed by atoms with Crippen LogP contribution in [0.3, 0.4) is 0 Å². The molecule has 0 amide bonds. The summed E-state index contributed by atoms with van der Waals surface area (Å²) in [5, 5.41) is 0. The molecule has 1 fully saturated rings. The van der Waals surface area contributed by atoms with Gasteiger partial charge in [-0.05, 0) is 11.5 Å². The molecule has 0 unspecified atom stereocenters. The van der Waals surface area contributed by atoms with Gasteiger partial charge in [-0.25, -0.2) is 9.97 Å². The Kier molecular flexibility index (Phi) is 3.43. The lowest BCUT2D eigenvalue weighted by molar-refractivity contribution is 0.604. The van der Waals surface area contributed by atoms with Crippen molar-refractivity contribution in [3.8, 4) is 0 Å². The van der Waals surface area contributed by atoms with E-state index in [0.29, 0.717) is 0 Å². The van der Waals surface area contributed by atoms with E-state index in [2.05, 4.69) is 41.7 Å². The smallest absolute Gasteiger partial charge is 0.150 e. The van der Waals surface area contributed by atoms with Crippen molar-refractivity contribution in [2.75, 3.05) is 29.5 Å². The van der Waals surface area contributed by atoms with Crippen molar-refractivity contribution in [1.82, 2.24) is 9.97 Å². The fourth-order valence-electron chi connectivity index (χ4n) is 2.21. The Morgan fingerprint density at radius 1 is 1.16 bits per heavy atom. The predicted octanol–water partition coefficient (Wildman–Crippen LogP) is 3.54. The average molecular weight is 293 g/mol. The molecule has 1 saturated heterocycles. The van der Waals surface area contributed by atoms with Crippen LogP contribution < -0.4 is 4.90 Å². The summed E-state index contributed by atoms with van der Waals surface area (Å²) in [6.07, 6.45) is 1.71. The van der Waals surface area contributed by atoms with E-state index in [9.17, 15) is 0 Å². The van der Waals surface area contributed by atoms with Crippen molar-refractivity contribution in [3.63, 3.8) is 0 Å². The number of rotatable bonds is 1. The summed E-state index contributed by atoms with van der Waals surface area (Å²) >= 11 is 3.88. The largest absolute Gasteiger partial charge is 0.354 e. The van der Waals surface area contributed by atoms with Gasteiger partial charge in [0.2, 0.25) is 0 Å². The highest BCUT2D eigenvalue weighted by molar-refractivity contribution is 7.99. The van der Waals surface area contributed by atoms with Crippen molar-refractivity contribution in [3.05, 3.63) is 17.3 Å². The molecule has 1 aliphatic heterocycles. The first-order valence-corrected chi connectivity index (χ1v) is 8.60. The van der Waals surface area contributed by atoms with E-state index in [0.717, 1.165) is 24.4 Å². The Bertz CT molecular complexity index is 580. The van der Waals surface area contributed by atoms with Gasteiger partial charge in [0, 0.05) is 29.5 Å². The third-order valence-corrected chi connectivity index (χ3v) is 5.83. The highest BCUT2D eigenvalue weighted by Crippen LogP contribution is 2.37. The van der Waals surface area contributed by atoms with E-state index in [4.69, 9.17) is 0 Å². The van der Waals surface area contributed by atoms with E-state index in [1.54, 1.807) is 6.33 Å². The average Bonchev–Trinajstić information content (AvgIpc) is 2.83. The van der Waals surface area contributed by atoms with Gasteiger partial charge in [0.1, 0.15) is 12.1 Å². The summed E-state index contributed by atoms with van der Waals surface area (Å²) in [5.41, 5.74) is 1.28. The standard InChI is InChI=1S/C14H19N3S2/c1-14(2,3)11-8-10-12(19-11)13(16-9-15-10)17-4-6-18-7-5-17/h8-9H,4-7H2,1-3H3. The maximum Gasteiger partial charge on any atom is 0.150 e. The van der Waals surface area contributed by atoms with Crippen LogP contribution in [0.2, 0.25) is 0 Å². The third kappa shape index (κ3) is 2.58. The lowest BCUT2D eigenvalue weighted by Crippen LogP contribution is -2.33. The molecule has 3 rings (SSSR count). The number of anilines is 1. The van der Waals surface area contributed by atoms with E-state index in [1.807, 2.05) is 23.1 Å². The second kappa shape index (κ2) is 4.94. The number of thioether (sulfide) groups is 1. The maximum atomic E-state index is 4.54. The van der Waals surface area contributed by atoms with Crippen LogP contribution >= 0.6 is 23.1 Å². The minimum absolute atomic E-state index is 0.181. The number of thiophene rings is 1. The second-order valence-electron chi connectivity index (χ2n) is 5.87. The van der Waals surface area contributed by atoms with Crippen LogP contribution in [0.25, 0.3) is 10.2 Å². The minimum Gasteiger partial charge on any atom is -0.354 e. The lowest BCUT2D eigenvalue weighted by atomic mass is 9.95. The third-order valence-electron chi connectivity index (χ3n) is 3.34. The molecule has 3 nitrogen and oxygen atoms in total. The summed E-state index contributed by atoms with van der Waals surface area (Å²) < 4.78 is 1.25. The van der Waals surface area contributed by atoms with Gasteiger partial charge in [-0.3, -0.25) is 0 Å². The first-order valence-electron chi connectivity index (χ1n) is 6.63. The zero-order valence-corrected chi connectivity index (χ0v) is 13.3. The molecule has 5 heteroatoms. The molecule has 0 aliphatic carbocycles. The Balaban J connectivity index is 2.07. The van der Waals surface area contributed by atoms with Gasteiger partial charge in [-0.1, -0.05) is 20.8 Å². The number of fused-ring (bicyclic) bond motifs is 1. The monoisotopic (exact) mass is 293 g/mol. The quantitative estimate of drug-likeness (QED) is 0.804. The Labute approximate surface area is 122 Å². The van der Waals surface area contributed by atoms with E-state index < -0.39 is 0 Å². The predicted molar refractivity (Wildman–Crippen MR) is 85.7 cm³/mol. The molecular formula is C14H19N3S2. The summed E-state index contributed by atoms with van der Waals surface area (Å²) in [6.45, 7) is 8.95. The zero-order valence-electron chi connectivity index (χ0n) is 11.6. The van der Waals surface area contributed by atoms with Gasteiger partial charge in [0.05, 0.1) is 10.2 Å². The van der Waals surface area contributed by atoms with E-state index in [-0.39, 0.29) is 5.41 Å². The van der Waals surface area contributed by atoms with Gasteiger partial charge in [-0.2, -0.15) is 11.8 Å². The number of nitrogens with zero attached hydrogens (tertiary/aromatic N) is 3. The van der Waals surface area contributed by atoms with Crippen molar-refractivity contribution in [1.29, 1.82) is 0 Å². The fourth-order valence-corrected chi connectivity index (χ4v) is 4.30. The second-order valence-corrected chi connectivity index (χ2v) is 8.15. The fraction of sp³-hybridized carbons (Fsp3) is 0.571. The first-order chi connectivity index (χ1) is 9.05. The highest BCUT2D eigenvalue weighted by Gasteiger charge is 2.21. The molecular weight excluding hydrogens is 274 g/mol. The van der Waals surface area contributed by atoms with Crippen LogP contribution in [0.4, 0.5) is 5.82 Å². The molecule has 0 saturated carbocycles. The molecule has 0 radical (unpaired) electrons. The van der Waals surface area contributed by atoms with E-state index in [1.165, 1.54) is 21.1 Å². The van der Waals surface area contributed by atoms with Crippen LogP contribution in [0, 0.1) is 0 Å². The van der Waals surface area contributed by atoms with Gasteiger partial charge >= 0.3 is 0 Å². The molecule has 2 aromatic heterocycles. The normalized spacial score (nSPS) is 17.1. The lowest BCUT2D eigenvalue weighted by Gasteiger charge is -2.27. The Hall–Kier alpha value is -0.810. The Morgan fingerprint density at radius 2 is 1.89 bits per heavy atom. The first kappa shape index (κ1) is 13.2. The molecule has 19 heavy (non-hydrogen) atoms. The molecule has 0 N–H and O–H groups in total. The van der Waals surface area contributed by atoms with Crippen LogP contribution in [0.15, 0.2) is 12.4 Å². The molecule has 2 aromatic rings. The maximum absolute atomic E-state index is 4.54. The van der Waals surface area contributed by atoms with Gasteiger partial charge in [-0.15, -0.1) is 11.3 Å². The van der Waals surface area contributed by atoms with Crippen molar-refractivity contribution >= 4 is 39.1 Å². The SMILES string of the molecule is CC(C)(C)c1cc2ncnc(N3CCSCC3)c2s1. The van der Waals surface area contributed by atoms with E-state index >= 15 is 0 Å².